The number of amides is 2. The van der Waals surface area contributed by atoms with Gasteiger partial charge in [-0.2, -0.15) is 0 Å². The molecular weight excluding hydrogens is 276 g/mol. The van der Waals surface area contributed by atoms with Gasteiger partial charge in [-0.3, -0.25) is 9.69 Å². The number of aldehydes is 1. The first-order chi connectivity index (χ1) is 10.1. The van der Waals surface area contributed by atoms with Crippen LogP contribution in [0.3, 0.4) is 0 Å². The van der Waals surface area contributed by atoms with E-state index in [2.05, 4.69) is 19.2 Å². The van der Waals surface area contributed by atoms with E-state index in [1.165, 1.54) is 30.6 Å². The van der Waals surface area contributed by atoms with Gasteiger partial charge in [-0.1, -0.05) is 20.3 Å². The predicted octanol–water partition coefficient (Wildman–Crippen LogP) is 0.863. The Morgan fingerprint density at radius 1 is 1.38 bits per heavy atom. The number of ether oxygens (including phenoxy) is 1. The van der Waals surface area contributed by atoms with Crippen LogP contribution in [0.4, 0.5) is 4.79 Å². The number of allylic oxidation sites excluding steroid dienone is 1. The van der Waals surface area contributed by atoms with Crippen LogP contribution >= 0.6 is 0 Å². The van der Waals surface area contributed by atoms with E-state index in [4.69, 9.17) is 14.9 Å². The average molecular weight is 304 g/mol. The molecule has 1 aliphatic rings. The maximum Gasteiger partial charge on any atom is 0.323 e. The van der Waals surface area contributed by atoms with E-state index in [1.54, 1.807) is 0 Å². The summed E-state index contributed by atoms with van der Waals surface area (Å²) < 4.78 is 5.44. The van der Waals surface area contributed by atoms with Crippen molar-refractivity contribution in [3.63, 3.8) is 0 Å². The molecule has 2 unspecified atom stereocenters. The summed E-state index contributed by atoms with van der Waals surface area (Å²) in [6.45, 7) is 4.19. The quantitative estimate of drug-likeness (QED) is 0.528. The molecule has 0 aromatic rings. The number of aliphatic hydroxyl groups is 2. The van der Waals surface area contributed by atoms with Gasteiger partial charge in [-0.15, -0.1) is 0 Å². The zero-order chi connectivity index (χ0) is 16.7. The number of carbonyl (C=O) groups excluding carboxylic acids is 2. The molecule has 0 bridgehead atoms. The summed E-state index contributed by atoms with van der Waals surface area (Å²) in [5, 5.41) is 18.4. The molecule has 0 aliphatic carbocycles. The number of carbonyl (C=O) groups is 2. The van der Waals surface area contributed by atoms with Crippen LogP contribution in [0.25, 0.3) is 0 Å². The zero-order valence-electron chi connectivity index (χ0n) is 13.3. The summed E-state index contributed by atoms with van der Waals surface area (Å²) >= 11 is 0. The molecule has 1 aliphatic heterocycles. The fourth-order valence-electron chi connectivity index (χ4n) is 1.58. The van der Waals surface area contributed by atoms with E-state index in [1.807, 2.05) is 0 Å². The molecule has 0 radical (unpaired) electrons. The van der Waals surface area contributed by atoms with Gasteiger partial charge in [0.2, 0.25) is 0 Å². The molecule has 2 atom stereocenters. The molecular formula is C14H28N2O5. The third kappa shape index (κ3) is 9.17. The second-order valence-corrected chi connectivity index (χ2v) is 4.12. The number of nitrogens with zero attached hydrogens (tertiary/aromatic N) is 1. The van der Waals surface area contributed by atoms with Gasteiger partial charge in [0.15, 0.2) is 0 Å². The van der Waals surface area contributed by atoms with Crippen LogP contribution in [0.2, 0.25) is 0 Å². The summed E-state index contributed by atoms with van der Waals surface area (Å²) in [6, 6.07) is -0.346. The van der Waals surface area contributed by atoms with Crippen LogP contribution in [0.1, 0.15) is 33.1 Å². The van der Waals surface area contributed by atoms with Crippen molar-refractivity contribution in [3.05, 3.63) is 12.3 Å². The molecule has 0 saturated carbocycles. The summed E-state index contributed by atoms with van der Waals surface area (Å²) in [4.78, 5) is 23.0. The largest absolute Gasteiger partial charge is 0.400 e. The van der Waals surface area contributed by atoms with Gasteiger partial charge >= 0.3 is 6.03 Å². The van der Waals surface area contributed by atoms with Crippen molar-refractivity contribution in [2.75, 3.05) is 20.8 Å². The molecule has 0 aromatic carbocycles. The number of hydrogen-bond acceptors (Lipinski definition) is 5. The minimum absolute atomic E-state index is 0.0600. The van der Waals surface area contributed by atoms with Gasteiger partial charge in [-0.05, 0) is 18.9 Å². The maximum atomic E-state index is 11.5. The molecule has 1 fully saturated rings. The zero-order valence-corrected chi connectivity index (χ0v) is 13.3. The Bertz CT molecular complexity index is 297. The second kappa shape index (κ2) is 15.0. The van der Waals surface area contributed by atoms with Crippen molar-refractivity contribution in [3.8, 4) is 0 Å². The Morgan fingerprint density at radius 3 is 2.33 bits per heavy atom. The number of hydrogen-bond donors (Lipinski definition) is 3. The van der Waals surface area contributed by atoms with Gasteiger partial charge in [0.1, 0.15) is 12.5 Å². The van der Waals surface area contributed by atoms with E-state index in [0.29, 0.717) is 19.1 Å². The van der Waals surface area contributed by atoms with Crippen molar-refractivity contribution in [1.29, 1.82) is 0 Å². The predicted molar refractivity (Wildman–Crippen MR) is 80.6 cm³/mol. The standard InChI is InChI=1S/C10H16N2O4.C3H8.CH4O/c1-11-10(15)12(5-2-6-13)9-4-3-8(7-14)16-9;1-3-2;1-2/h2,5-6,8-9,14H,3-4,7H2,1H3,(H,11,15);3H2,1-2H3;2H,1H3/b5-2-;;. The topological polar surface area (TPSA) is 99.1 Å². The van der Waals surface area contributed by atoms with Crippen LogP contribution in [-0.4, -0.2) is 60.5 Å². The first-order valence-electron chi connectivity index (χ1n) is 6.97. The molecule has 1 heterocycles. The number of urea groups is 1. The summed E-state index contributed by atoms with van der Waals surface area (Å²) in [7, 11) is 2.50. The van der Waals surface area contributed by atoms with E-state index in [0.717, 1.165) is 7.11 Å². The van der Waals surface area contributed by atoms with Crippen LogP contribution in [0.15, 0.2) is 12.3 Å². The lowest BCUT2D eigenvalue weighted by Crippen LogP contribution is -2.41. The molecule has 21 heavy (non-hydrogen) atoms. The lowest BCUT2D eigenvalue weighted by atomic mass is 10.2. The average Bonchev–Trinajstić information content (AvgIpc) is 2.99. The number of aliphatic hydroxyl groups excluding tert-OH is 2. The van der Waals surface area contributed by atoms with Crippen LogP contribution in [0.5, 0.6) is 0 Å². The highest BCUT2D eigenvalue weighted by Gasteiger charge is 2.30. The first kappa shape index (κ1) is 21.9. The van der Waals surface area contributed by atoms with Crippen LogP contribution in [-0.2, 0) is 9.53 Å². The SMILES string of the molecule is CCC.CNC(=O)N(/C=C\C=O)C1CCC(CO)O1.CO. The number of rotatable bonds is 4. The Kier molecular flexibility index (Phi) is 15.6. The normalized spacial score (nSPS) is 19.9. The molecule has 0 aromatic heterocycles. The molecule has 1 rings (SSSR count). The minimum atomic E-state index is -0.423. The fourth-order valence-corrected chi connectivity index (χ4v) is 1.58. The Hall–Kier alpha value is -1.44. The van der Waals surface area contributed by atoms with Crippen molar-refractivity contribution in [1.82, 2.24) is 10.2 Å². The Labute approximate surface area is 126 Å². The van der Waals surface area contributed by atoms with Gasteiger partial charge in [0.05, 0.1) is 12.7 Å². The third-order valence-corrected chi connectivity index (χ3v) is 2.37. The van der Waals surface area contributed by atoms with E-state index in [9.17, 15) is 9.59 Å². The Morgan fingerprint density at radius 2 is 1.95 bits per heavy atom. The van der Waals surface area contributed by atoms with Crippen molar-refractivity contribution < 1.29 is 24.5 Å². The van der Waals surface area contributed by atoms with Gasteiger partial charge in [-0.25, -0.2) is 4.79 Å². The molecule has 2 amide bonds. The highest BCUT2D eigenvalue weighted by Crippen LogP contribution is 2.22. The third-order valence-electron chi connectivity index (χ3n) is 2.37. The van der Waals surface area contributed by atoms with E-state index in [-0.39, 0.29) is 18.7 Å². The fraction of sp³-hybridized carbons (Fsp3) is 0.714. The van der Waals surface area contributed by atoms with Gasteiger partial charge < -0.3 is 20.3 Å². The van der Waals surface area contributed by atoms with Crippen LogP contribution < -0.4 is 5.32 Å². The Balaban J connectivity index is 0. The smallest absolute Gasteiger partial charge is 0.323 e. The lowest BCUT2D eigenvalue weighted by molar-refractivity contribution is -0.104. The highest BCUT2D eigenvalue weighted by atomic mass is 16.5. The van der Waals surface area contributed by atoms with E-state index < -0.39 is 6.23 Å². The van der Waals surface area contributed by atoms with Gasteiger partial charge in [0, 0.05) is 20.4 Å². The molecule has 1 saturated heterocycles. The molecule has 0 spiro atoms. The lowest BCUT2D eigenvalue weighted by Gasteiger charge is -2.24. The summed E-state index contributed by atoms with van der Waals surface area (Å²) in [6.07, 6.45) is 5.12. The molecule has 124 valence electrons. The van der Waals surface area contributed by atoms with Crippen molar-refractivity contribution in [2.45, 2.75) is 45.4 Å². The minimum Gasteiger partial charge on any atom is -0.400 e. The summed E-state index contributed by atoms with van der Waals surface area (Å²) in [5.41, 5.74) is 0. The molecule has 3 N–H and O–H groups in total. The maximum absolute atomic E-state index is 11.5. The molecule has 7 heteroatoms. The molecule has 7 nitrogen and oxygen atoms in total. The van der Waals surface area contributed by atoms with E-state index >= 15 is 0 Å². The van der Waals surface area contributed by atoms with Crippen molar-refractivity contribution in [2.24, 2.45) is 0 Å². The van der Waals surface area contributed by atoms with Crippen molar-refractivity contribution >= 4 is 12.3 Å². The van der Waals surface area contributed by atoms with Crippen LogP contribution in [0, 0.1) is 0 Å². The first-order valence-corrected chi connectivity index (χ1v) is 6.97. The second-order valence-electron chi connectivity index (χ2n) is 4.12. The highest BCUT2D eigenvalue weighted by molar-refractivity contribution is 5.76. The summed E-state index contributed by atoms with van der Waals surface area (Å²) in [5.74, 6) is 0. The monoisotopic (exact) mass is 304 g/mol. The number of nitrogens with one attached hydrogen (secondary N) is 1. The van der Waals surface area contributed by atoms with Gasteiger partial charge in [0.25, 0.3) is 0 Å².